The van der Waals surface area contributed by atoms with E-state index in [1.165, 1.54) is 0 Å². The third kappa shape index (κ3) is 1.84. The van der Waals surface area contributed by atoms with Crippen molar-refractivity contribution in [3.05, 3.63) is 0 Å². The van der Waals surface area contributed by atoms with Crippen LogP contribution in [0.2, 0.25) is 0 Å². The van der Waals surface area contributed by atoms with Gasteiger partial charge in [0, 0.05) is 6.42 Å². The van der Waals surface area contributed by atoms with Gasteiger partial charge in [0.1, 0.15) is 5.78 Å². The van der Waals surface area contributed by atoms with Gasteiger partial charge >= 0.3 is 0 Å². The number of oxime groups is 1. The molecule has 1 fully saturated rings. The zero-order valence-electron chi connectivity index (χ0n) is 7.42. The van der Waals surface area contributed by atoms with Gasteiger partial charge in [-0.2, -0.15) is 0 Å². The summed E-state index contributed by atoms with van der Waals surface area (Å²) in [6.07, 6.45) is 4.14. The van der Waals surface area contributed by atoms with E-state index in [2.05, 4.69) is 5.16 Å². The molecule has 12 heavy (non-hydrogen) atoms. The minimum absolute atomic E-state index is 0.0741. The van der Waals surface area contributed by atoms with Crippen molar-refractivity contribution in [3.63, 3.8) is 0 Å². The molecular formula is C9H15NO2. The van der Waals surface area contributed by atoms with E-state index in [0.717, 1.165) is 25.7 Å². The second-order valence-electron chi connectivity index (χ2n) is 3.25. The van der Waals surface area contributed by atoms with Crippen LogP contribution in [-0.2, 0) is 4.79 Å². The van der Waals surface area contributed by atoms with E-state index in [-0.39, 0.29) is 11.7 Å². The predicted octanol–water partition coefficient (Wildman–Crippen LogP) is 1.99. The molecule has 3 nitrogen and oxygen atoms in total. The Morgan fingerprint density at radius 1 is 1.75 bits per heavy atom. The Hall–Kier alpha value is -0.860. The lowest BCUT2D eigenvalue weighted by Gasteiger charge is -2.06. The lowest BCUT2D eigenvalue weighted by molar-refractivity contribution is -0.120. The Bertz CT molecular complexity index is 199. The maximum atomic E-state index is 11.4. The standard InChI is InChI=1S/C9H15NO2/c1-2-4-9(11)7-5-3-6-8(7)10-12/h7,12H,2-6H2,1H3/b10-8+. The largest absolute Gasteiger partial charge is 0.411 e. The van der Waals surface area contributed by atoms with Gasteiger partial charge < -0.3 is 5.21 Å². The molecule has 1 aliphatic rings. The molecular weight excluding hydrogens is 154 g/mol. The quantitative estimate of drug-likeness (QED) is 0.518. The van der Waals surface area contributed by atoms with Gasteiger partial charge in [-0.3, -0.25) is 4.79 Å². The lowest BCUT2D eigenvalue weighted by atomic mass is 9.98. The van der Waals surface area contributed by atoms with Gasteiger partial charge in [0.15, 0.2) is 0 Å². The van der Waals surface area contributed by atoms with Gasteiger partial charge in [-0.05, 0) is 25.7 Å². The monoisotopic (exact) mass is 169 g/mol. The molecule has 0 aliphatic heterocycles. The maximum absolute atomic E-state index is 11.4. The number of rotatable bonds is 3. The van der Waals surface area contributed by atoms with E-state index >= 15 is 0 Å². The van der Waals surface area contributed by atoms with Crippen molar-refractivity contribution in [2.75, 3.05) is 0 Å². The summed E-state index contributed by atoms with van der Waals surface area (Å²) in [5.74, 6) is 0.165. The van der Waals surface area contributed by atoms with Crippen LogP contribution in [0.15, 0.2) is 5.16 Å². The minimum atomic E-state index is -0.0741. The number of carbonyl (C=O) groups is 1. The molecule has 3 heteroatoms. The fourth-order valence-corrected chi connectivity index (χ4v) is 1.72. The summed E-state index contributed by atoms with van der Waals surface area (Å²) in [4.78, 5) is 11.4. The zero-order chi connectivity index (χ0) is 8.97. The van der Waals surface area contributed by atoms with Gasteiger partial charge in [-0.15, -0.1) is 0 Å². The normalized spacial score (nSPS) is 26.4. The number of nitrogens with zero attached hydrogens (tertiary/aromatic N) is 1. The second-order valence-corrected chi connectivity index (χ2v) is 3.25. The van der Waals surface area contributed by atoms with Gasteiger partial charge in [0.05, 0.1) is 11.6 Å². The molecule has 0 spiro atoms. The van der Waals surface area contributed by atoms with Crippen LogP contribution in [0, 0.1) is 5.92 Å². The highest BCUT2D eigenvalue weighted by atomic mass is 16.4. The average Bonchev–Trinajstić information content (AvgIpc) is 2.51. The van der Waals surface area contributed by atoms with Gasteiger partial charge in [-0.1, -0.05) is 12.1 Å². The molecule has 68 valence electrons. The van der Waals surface area contributed by atoms with Crippen LogP contribution in [0.1, 0.15) is 39.0 Å². The molecule has 1 saturated carbocycles. The molecule has 1 rings (SSSR count). The summed E-state index contributed by atoms with van der Waals surface area (Å²) in [6.45, 7) is 1.99. The Morgan fingerprint density at radius 3 is 3.08 bits per heavy atom. The number of hydrogen-bond donors (Lipinski definition) is 1. The van der Waals surface area contributed by atoms with Gasteiger partial charge in [0.25, 0.3) is 0 Å². The molecule has 0 aromatic heterocycles. The Labute approximate surface area is 72.5 Å². The van der Waals surface area contributed by atoms with E-state index in [1.54, 1.807) is 0 Å². The number of hydrogen-bond acceptors (Lipinski definition) is 3. The molecule has 1 aliphatic carbocycles. The molecule has 0 heterocycles. The van der Waals surface area contributed by atoms with E-state index in [4.69, 9.17) is 5.21 Å². The topological polar surface area (TPSA) is 49.7 Å². The number of ketones is 1. The summed E-state index contributed by atoms with van der Waals surface area (Å²) in [5, 5.41) is 11.8. The molecule has 0 bridgehead atoms. The summed E-state index contributed by atoms with van der Waals surface area (Å²) in [5.41, 5.74) is 0.688. The lowest BCUT2D eigenvalue weighted by Crippen LogP contribution is -2.18. The first-order valence-electron chi connectivity index (χ1n) is 4.53. The van der Waals surface area contributed by atoms with Crippen LogP contribution in [-0.4, -0.2) is 16.7 Å². The highest BCUT2D eigenvalue weighted by molar-refractivity contribution is 6.06. The molecule has 1 atom stereocenters. The molecule has 0 radical (unpaired) electrons. The summed E-state index contributed by atoms with van der Waals surface area (Å²) < 4.78 is 0. The Kier molecular flexibility index (Phi) is 3.26. The molecule has 1 N–H and O–H groups in total. The summed E-state index contributed by atoms with van der Waals surface area (Å²) >= 11 is 0. The fourth-order valence-electron chi connectivity index (χ4n) is 1.72. The third-order valence-electron chi connectivity index (χ3n) is 2.34. The van der Waals surface area contributed by atoms with Crippen molar-refractivity contribution in [2.24, 2.45) is 11.1 Å². The van der Waals surface area contributed by atoms with E-state index in [0.29, 0.717) is 12.1 Å². The van der Waals surface area contributed by atoms with Gasteiger partial charge in [-0.25, -0.2) is 0 Å². The Morgan fingerprint density at radius 2 is 2.50 bits per heavy atom. The summed E-state index contributed by atoms with van der Waals surface area (Å²) in [7, 11) is 0. The molecule has 0 aromatic rings. The first kappa shape index (κ1) is 9.23. The summed E-state index contributed by atoms with van der Waals surface area (Å²) in [6, 6.07) is 0. The van der Waals surface area contributed by atoms with E-state index in [1.807, 2.05) is 6.92 Å². The van der Waals surface area contributed by atoms with Crippen LogP contribution in [0.5, 0.6) is 0 Å². The second kappa shape index (κ2) is 4.24. The van der Waals surface area contributed by atoms with Crippen molar-refractivity contribution in [1.29, 1.82) is 0 Å². The van der Waals surface area contributed by atoms with Crippen molar-refractivity contribution in [2.45, 2.75) is 39.0 Å². The maximum Gasteiger partial charge on any atom is 0.141 e. The fraction of sp³-hybridized carbons (Fsp3) is 0.778. The Balaban J connectivity index is 2.56. The minimum Gasteiger partial charge on any atom is -0.411 e. The van der Waals surface area contributed by atoms with Crippen molar-refractivity contribution < 1.29 is 10.0 Å². The molecule has 0 amide bonds. The van der Waals surface area contributed by atoms with Crippen molar-refractivity contribution >= 4 is 11.5 Å². The highest BCUT2D eigenvalue weighted by Crippen LogP contribution is 2.24. The van der Waals surface area contributed by atoms with Gasteiger partial charge in [0.2, 0.25) is 0 Å². The average molecular weight is 169 g/mol. The van der Waals surface area contributed by atoms with Crippen LogP contribution < -0.4 is 0 Å². The molecule has 1 unspecified atom stereocenters. The SMILES string of the molecule is CCCC(=O)C1CCC/C1=N\O. The zero-order valence-corrected chi connectivity index (χ0v) is 7.42. The number of carbonyl (C=O) groups excluding carboxylic acids is 1. The number of Topliss-reactive ketones (excluding diaryl/α,β-unsaturated/α-hetero) is 1. The van der Waals surface area contributed by atoms with Crippen LogP contribution in [0.3, 0.4) is 0 Å². The van der Waals surface area contributed by atoms with E-state index < -0.39 is 0 Å². The van der Waals surface area contributed by atoms with Crippen LogP contribution in [0.25, 0.3) is 0 Å². The smallest absolute Gasteiger partial charge is 0.141 e. The van der Waals surface area contributed by atoms with Crippen molar-refractivity contribution in [3.8, 4) is 0 Å². The first-order valence-corrected chi connectivity index (χ1v) is 4.53. The van der Waals surface area contributed by atoms with Crippen LogP contribution in [0.4, 0.5) is 0 Å². The third-order valence-corrected chi connectivity index (χ3v) is 2.34. The molecule has 0 saturated heterocycles. The highest BCUT2D eigenvalue weighted by Gasteiger charge is 2.28. The molecule has 0 aromatic carbocycles. The first-order chi connectivity index (χ1) is 5.79. The van der Waals surface area contributed by atoms with Crippen molar-refractivity contribution in [1.82, 2.24) is 0 Å². The van der Waals surface area contributed by atoms with Crippen LogP contribution >= 0.6 is 0 Å². The van der Waals surface area contributed by atoms with E-state index in [9.17, 15) is 4.79 Å². The predicted molar refractivity (Wildman–Crippen MR) is 46.5 cm³/mol.